The van der Waals surface area contributed by atoms with Gasteiger partial charge < -0.3 is 0 Å². The SMILES string of the molecule is C[C@@H](CC(C)(C)S(N)=O)c1cc(Cl)ccc1F. The largest absolute Gasteiger partial charge is 0.251 e. The minimum absolute atomic E-state index is 0.0869. The highest BCUT2D eigenvalue weighted by molar-refractivity contribution is 7.84. The van der Waals surface area contributed by atoms with Gasteiger partial charge in [-0.2, -0.15) is 0 Å². The Kier molecular flexibility index (Phi) is 4.69. The lowest BCUT2D eigenvalue weighted by Crippen LogP contribution is -2.33. The minimum atomic E-state index is -1.44. The van der Waals surface area contributed by atoms with Crippen molar-refractivity contribution in [1.29, 1.82) is 0 Å². The van der Waals surface area contributed by atoms with E-state index in [9.17, 15) is 8.60 Å². The normalized spacial score (nSPS) is 15.6. The maximum absolute atomic E-state index is 13.6. The zero-order valence-electron chi connectivity index (χ0n) is 10.2. The Morgan fingerprint density at radius 2 is 2.12 bits per heavy atom. The molecule has 0 aromatic heterocycles. The second kappa shape index (κ2) is 5.46. The van der Waals surface area contributed by atoms with Gasteiger partial charge in [-0.25, -0.2) is 8.60 Å². The van der Waals surface area contributed by atoms with Crippen molar-refractivity contribution >= 4 is 22.6 Å². The number of rotatable bonds is 4. The van der Waals surface area contributed by atoms with Gasteiger partial charge in [-0.3, -0.25) is 5.14 Å². The molecule has 2 atom stereocenters. The molecule has 1 aromatic rings. The van der Waals surface area contributed by atoms with Gasteiger partial charge in [-0.15, -0.1) is 0 Å². The van der Waals surface area contributed by atoms with Crippen LogP contribution in [0, 0.1) is 5.82 Å². The average Bonchev–Trinajstić information content (AvgIpc) is 2.20. The van der Waals surface area contributed by atoms with E-state index in [0.29, 0.717) is 17.0 Å². The van der Waals surface area contributed by atoms with Crippen molar-refractivity contribution in [3.8, 4) is 0 Å². The van der Waals surface area contributed by atoms with Crippen LogP contribution in [0.1, 0.15) is 38.7 Å². The lowest BCUT2D eigenvalue weighted by molar-refractivity contribution is 0.516. The summed E-state index contributed by atoms with van der Waals surface area (Å²) in [5.41, 5.74) is 0.538. The topological polar surface area (TPSA) is 43.1 Å². The van der Waals surface area contributed by atoms with Crippen molar-refractivity contribution in [2.24, 2.45) is 5.14 Å². The fourth-order valence-electron chi connectivity index (χ4n) is 1.82. The Morgan fingerprint density at radius 3 is 2.65 bits per heavy atom. The summed E-state index contributed by atoms with van der Waals surface area (Å²) in [6.45, 7) is 5.49. The Balaban J connectivity index is 2.94. The molecular formula is C12H17ClFNOS. The van der Waals surface area contributed by atoms with Crippen LogP contribution >= 0.6 is 11.6 Å². The molecule has 0 bridgehead atoms. The molecule has 0 aliphatic heterocycles. The van der Waals surface area contributed by atoms with Gasteiger partial charge in [0.2, 0.25) is 0 Å². The Labute approximate surface area is 109 Å². The van der Waals surface area contributed by atoms with Gasteiger partial charge >= 0.3 is 0 Å². The van der Waals surface area contributed by atoms with E-state index in [1.807, 2.05) is 20.8 Å². The molecule has 0 aliphatic rings. The number of halogens is 2. The minimum Gasteiger partial charge on any atom is -0.251 e. The van der Waals surface area contributed by atoms with Crippen LogP contribution in [0.2, 0.25) is 5.02 Å². The summed E-state index contributed by atoms with van der Waals surface area (Å²) in [7, 11) is -1.44. The van der Waals surface area contributed by atoms with Gasteiger partial charge in [0.15, 0.2) is 0 Å². The van der Waals surface area contributed by atoms with Gasteiger partial charge in [-0.05, 0) is 49.9 Å². The van der Waals surface area contributed by atoms with E-state index < -0.39 is 15.7 Å². The number of benzene rings is 1. The maximum Gasteiger partial charge on any atom is 0.126 e. The average molecular weight is 278 g/mol. The van der Waals surface area contributed by atoms with E-state index in [-0.39, 0.29) is 11.7 Å². The van der Waals surface area contributed by atoms with Crippen molar-refractivity contribution in [3.63, 3.8) is 0 Å². The molecule has 0 heterocycles. The van der Waals surface area contributed by atoms with Crippen LogP contribution in [0.3, 0.4) is 0 Å². The van der Waals surface area contributed by atoms with Crippen molar-refractivity contribution in [1.82, 2.24) is 0 Å². The first-order valence-corrected chi connectivity index (χ1v) is 6.94. The summed E-state index contributed by atoms with van der Waals surface area (Å²) in [5, 5.41) is 5.92. The zero-order chi connectivity index (χ0) is 13.2. The van der Waals surface area contributed by atoms with E-state index >= 15 is 0 Å². The number of hydrogen-bond donors (Lipinski definition) is 1. The molecule has 0 radical (unpaired) electrons. The Morgan fingerprint density at radius 1 is 1.53 bits per heavy atom. The van der Waals surface area contributed by atoms with Crippen molar-refractivity contribution in [3.05, 3.63) is 34.6 Å². The van der Waals surface area contributed by atoms with E-state index in [1.54, 1.807) is 6.07 Å². The third-order valence-corrected chi connectivity index (χ3v) is 4.32. The summed E-state index contributed by atoms with van der Waals surface area (Å²) in [6, 6.07) is 4.47. The van der Waals surface area contributed by atoms with Crippen LogP contribution in [-0.2, 0) is 11.0 Å². The fourth-order valence-corrected chi connectivity index (χ4v) is 2.42. The van der Waals surface area contributed by atoms with E-state index in [1.165, 1.54) is 12.1 Å². The quantitative estimate of drug-likeness (QED) is 0.901. The van der Waals surface area contributed by atoms with Crippen LogP contribution in [-0.4, -0.2) is 8.96 Å². The number of hydrogen-bond acceptors (Lipinski definition) is 1. The lowest BCUT2D eigenvalue weighted by Gasteiger charge is -2.25. The summed E-state index contributed by atoms with van der Waals surface area (Å²) in [4.78, 5) is 0. The monoisotopic (exact) mass is 277 g/mol. The van der Waals surface area contributed by atoms with Gasteiger partial charge in [0.05, 0.1) is 15.7 Å². The van der Waals surface area contributed by atoms with Crippen molar-refractivity contribution in [2.75, 3.05) is 0 Å². The Bertz CT molecular complexity index is 437. The molecule has 5 heteroatoms. The first kappa shape index (κ1) is 14.6. The van der Waals surface area contributed by atoms with Crippen LogP contribution in [0.15, 0.2) is 18.2 Å². The molecule has 96 valence electrons. The third kappa shape index (κ3) is 3.76. The fraction of sp³-hybridized carbons (Fsp3) is 0.500. The van der Waals surface area contributed by atoms with Gasteiger partial charge in [-0.1, -0.05) is 18.5 Å². The van der Waals surface area contributed by atoms with E-state index in [4.69, 9.17) is 16.7 Å². The summed E-state index contributed by atoms with van der Waals surface area (Å²) < 4.78 is 24.4. The Hall–Kier alpha value is -0.450. The lowest BCUT2D eigenvalue weighted by atomic mass is 9.91. The molecule has 0 spiro atoms. The highest BCUT2D eigenvalue weighted by atomic mass is 35.5. The predicted molar refractivity (Wildman–Crippen MR) is 70.9 cm³/mol. The van der Waals surface area contributed by atoms with Crippen LogP contribution in [0.4, 0.5) is 4.39 Å². The van der Waals surface area contributed by atoms with E-state index in [2.05, 4.69) is 0 Å². The molecule has 0 saturated carbocycles. The first-order chi connectivity index (χ1) is 7.74. The molecule has 1 rings (SSSR count). The molecule has 1 unspecified atom stereocenters. The van der Waals surface area contributed by atoms with Crippen LogP contribution < -0.4 is 5.14 Å². The summed E-state index contributed by atoms with van der Waals surface area (Å²) >= 11 is 5.84. The van der Waals surface area contributed by atoms with Gasteiger partial charge in [0.25, 0.3) is 0 Å². The van der Waals surface area contributed by atoms with Crippen molar-refractivity contribution < 1.29 is 8.60 Å². The molecule has 0 fully saturated rings. The second-order valence-corrected chi connectivity index (χ2v) is 6.96. The molecule has 0 saturated heterocycles. The molecular weight excluding hydrogens is 261 g/mol. The molecule has 2 nitrogen and oxygen atoms in total. The van der Waals surface area contributed by atoms with Crippen LogP contribution in [0.5, 0.6) is 0 Å². The van der Waals surface area contributed by atoms with Gasteiger partial charge in [0, 0.05) is 5.02 Å². The summed E-state index contributed by atoms with van der Waals surface area (Å²) in [6.07, 6.45) is 0.535. The number of nitrogens with two attached hydrogens (primary N) is 1. The zero-order valence-corrected chi connectivity index (χ0v) is 11.7. The summed E-state index contributed by atoms with van der Waals surface area (Å²) in [5.74, 6) is -0.378. The molecule has 0 amide bonds. The second-order valence-electron chi connectivity index (χ2n) is 4.83. The third-order valence-electron chi connectivity index (χ3n) is 2.83. The standard InChI is InChI=1S/C12H17ClFNOS/c1-8(7-12(2,3)17(15)16)10-6-9(13)4-5-11(10)14/h4-6,8H,7,15H2,1-3H3/t8-,17?/m0/s1. The molecule has 0 aliphatic carbocycles. The predicted octanol–water partition coefficient (Wildman–Crippen LogP) is 3.37. The first-order valence-electron chi connectivity index (χ1n) is 5.35. The van der Waals surface area contributed by atoms with Gasteiger partial charge in [0.1, 0.15) is 5.82 Å². The van der Waals surface area contributed by atoms with Crippen LogP contribution in [0.25, 0.3) is 0 Å². The molecule has 17 heavy (non-hydrogen) atoms. The molecule has 2 N–H and O–H groups in total. The highest BCUT2D eigenvalue weighted by Crippen LogP contribution is 2.31. The van der Waals surface area contributed by atoms with E-state index in [0.717, 1.165) is 0 Å². The highest BCUT2D eigenvalue weighted by Gasteiger charge is 2.27. The maximum atomic E-state index is 13.6. The molecule has 1 aromatic carbocycles. The van der Waals surface area contributed by atoms with Crippen molar-refractivity contribution in [2.45, 2.75) is 37.9 Å². The smallest absolute Gasteiger partial charge is 0.126 e.